The summed E-state index contributed by atoms with van der Waals surface area (Å²) in [6, 6.07) is 125. The zero-order valence-electron chi connectivity index (χ0n) is 74.6. The van der Waals surface area contributed by atoms with E-state index in [0.717, 1.165) is 0 Å². The number of rotatable bonds is 12. The molecule has 0 heterocycles. The lowest BCUT2D eigenvalue weighted by molar-refractivity contribution is 1.09. The summed E-state index contributed by atoms with van der Waals surface area (Å²) >= 11 is 0. The van der Waals surface area contributed by atoms with E-state index in [9.17, 15) is 0 Å². The van der Waals surface area contributed by atoms with Crippen molar-refractivity contribution >= 4 is 68.2 Å². The molecular weight excluding hydrogens is 1320 g/mol. The molecule has 0 amide bonds. The average Bonchev–Trinajstić information content (AvgIpc) is 0.847. The second-order valence-electron chi connectivity index (χ2n) is 19.5. The maximum atomic E-state index is 2.25. The summed E-state index contributed by atoms with van der Waals surface area (Å²) in [6.07, 6.45) is 3.75. The van der Waals surface area contributed by atoms with Gasteiger partial charge in [-0.2, -0.15) is 0 Å². The monoisotopic (exact) mass is 1470 g/mol. The summed E-state index contributed by atoms with van der Waals surface area (Å²) in [5, 5.41) is 0. The number of hydrogen-bond acceptors (Lipinski definition) is 4. The summed E-state index contributed by atoms with van der Waals surface area (Å²) < 4.78 is 0. The average molecular weight is 1470 g/mol. The molecule has 4 heteroatoms. The number of anilines is 12. The zero-order valence-corrected chi connectivity index (χ0v) is 74.6. The molecule has 109 heavy (non-hydrogen) atoms. The normalized spacial score (nSPS) is 8.20. The van der Waals surface area contributed by atoms with E-state index >= 15 is 0 Å². The first-order valence-electron chi connectivity index (χ1n) is 41.9. The number of hydrogen-bond donors (Lipinski definition) is 0. The van der Waals surface area contributed by atoms with Gasteiger partial charge in [-0.15, -0.1) is 0 Å². The fourth-order valence-electron chi connectivity index (χ4n) is 8.71. The van der Waals surface area contributed by atoms with Gasteiger partial charge in [0, 0.05) is 68.2 Å². The maximum Gasteiger partial charge on any atom is 0.0461 e. The van der Waals surface area contributed by atoms with E-state index in [1.807, 2.05) is 239 Å². The van der Waals surface area contributed by atoms with Gasteiger partial charge in [0.15, 0.2) is 0 Å². The van der Waals surface area contributed by atoms with Crippen LogP contribution >= 0.6 is 0 Å². The molecule has 596 valence electrons. The van der Waals surface area contributed by atoms with Crippen molar-refractivity contribution in [3.8, 4) is 0 Å². The van der Waals surface area contributed by atoms with Gasteiger partial charge in [-0.1, -0.05) is 445 Å². The van der Waals surface area contributed by atoms with E-state index in [2.05, 4.69) is 352 Å². The fourth-order valence-corrected chi connectivity index (χ4v) is 8.71. The van der Waals surface area contributed by atoms with Crippen LogP contribution < -0.4 is 19.6 Å². The molecular formula is C105H156N4. The standard InChI is InChI=1S/4C18H15N.3C3H8.12C2H6/c4*1-4-10-16(11-5-1)19(17-12-6-2-7-13-17)18-14-8-3-9-15-18;3*1-3-2;12*1-2/h4*1-15H;3*3H2,1-2H3;12*1-2H3. The molecule has 0 fully saturated rings. The van der Waals surface area contributed by atoms with Crippen molar-refractivity contribution in [3.63, 3.8) is 0 Å². The van der Waals surface area contributed by atoms with Gasteiger partial charge in [0.05, 0.1) is 0 Å². The highest BCUT2D eigenvalue weighted by Crippen LogP contribution is 2.37. The van der Waals surface area contributed by atoms with Gasteiger partial charge in [0.2, 0.25) is 0 Å². The molecule has 0 atom stereocenters. The number of para-hydroxylation sites is 12. The fraction of sp³-hybridized carbons (Fsp3) is 0.314. The minimum atomic E-state index is 1.17. The van der Waals surface area contributed by atoms with E-state index in [1.165, 1.54) is 87.5 Å². The third-order valence-corrected chi connectivity index (χ3v) is 12.2. The lowest BCUT2D eigenvalue weighted by Crippen LogP contribution is -2.09. The van der Waals surface area contributed by atoms with Crippen molar-refractivity contribution in [2.24, 2.45) is 0 Å². The molecule has 0 unspecified atom stereocenters. The van der Waals surface area contributed by atoms with Crippen LogP contribution in [-0.4, -0.2) is 0 Å². The topological polar surface area (TPSA) is 13.0 Å². The lowest BCUT2D eigenvalue weighted by Gasteiger charge is -2.25. The van der Waals surface area contributed by atoms with E-state index in [0.29, 0.717) is 0 Å². The second-order valence-corrected chi connectivity index (χ2v) is 19.5. The van der Waals surface area contributed by atoms with Crippen LogP contribution in [0.5, 0.6) is 0 Å². The molecule has 0 saturated heterocycles. The van der Waals surface area contributed by atoms with Gasteiger partial charge in [-0.3, -0.25) is 0 Å². The first kappa shape index (κ1) is 112. The highest BCUT2D eigenvalue weighted by molar-refractivity contribution is 5.79. The van der Waals surface area contributed by atoms with Crippen LogP contribution in [0.2, 0.25) is 0 Å². The van der Waals surface area contributed by atoms with Crippen molar-refractivity contribution in [1.29, 1.82) is 0 Å². The lowest BCUT2D eigenvalue weighted by atomic mass is 10.2. The Balaban J connectivity index is -0.000000225. The molecule has 4 nitrogen and oxygen atoms in total. The molecule has 12 rings (SSSR count). The van der Waals surface area contributed by atoms with E-state index < -0.39 is 0 Å². The van der Waals surface area contributed by atoms with Gasteiger partial charge in [-0.25, -0.2) is 0 Å². The molecule has 0 aliphatic rings. The van der Waals surface area contributed by atoms with Crippen molar-refractivity contribution < 1.29 is 0 Å². The summed E-state index contributed by atoms with van der Waals surface area (Å²) in [5.74, 6) is 0. The van der Waals surface area contributed by atoms with Crippen LogP contribution in [0.15, 0.2) is 364 Å². The summed E-state index contributed by atoms with van der Waals surface area (Å²) in [7, 11) is 0. The van der Waals surface area contributed by atoms with Gasteiger partial charge in [0.1, 0.15) is 0 Å². The van der Waals surface area contributed by atoms with Gasteiger partial charge in [-0.05, 0) is 146 Å². The quantitative estimate of drug-likeness (QED) is 0.121. The first-order valence-corrected chi connectivity index (χ1v) is 41.9. The van der Waals surface area contributed by atoms with Crippen LogP contribution in [-0.2, 0) is 0 Å². The maximum absolute atomic E-state index is 2.25. The predicted molar refractivity (Wildman–Crippen MR) is 509 cm³/mol. The van der Waals surface area contributed by atoms with E-state index in [-0.39, 0.29) is 0 Å². The third kappa shape index (κ3) is 50.2. The molecule has 0 aromatic heterocycles. The molecule has 12 aromatic rings. The highest BCUT2D eigenvalue weighted by atomic mass is 15.2. The van der Waals surface area contributed by atoms with Crippen LogP contribution in [0.4, 0.5) is 68.2 Å². The van der Waals surface area contributed by atoms with E-state index in [4.69, 9.17) is 0 Å². The molecule has 0 N–H and O–H groups in total. The summed E-state index contributed by atoms with van der Waals surface area (Å²) in [4.78, 5) is 9.00. The van der Waals surface area contributed by atoms with Crippen LogP contribution in [0.3, 0.4) is 0 Å². The molecule has 0 aliphatic heterocycles. The Bertz CT molecular complexity index is 2620. The molecule has 0 aliphatic carbocycles. The minimum Gasteiger partial charge on any atom is -0.311 e. The van der Waals surface area contributed by atoms with Crippen molar-refractivity contribution in [3.05, 3.63) is 364 Å². The Morgan fingerprint density at radius 3 is 0.202 bits per heavy atom. The van der Waals surface area contributed by atoms with Gasteiger partial charge in [0.25, 0.3) is 0 Å². The third-order valence-electron chi connectivity index (χ3n) is 12.2. The van der Waals surface area contributed by atoms with Crippen LogP contribution in [0.25, 0.3) is 0 Å². The van der Waals surface area contributed by atoms with Crippen molar-refractivity contribution in [1.82, 2.24) is 0 Å². The number of nitrogens with zero attached hydrogens (tertiary/aromatic N) is 4. The van der Waals surface area contributed by atoms with Gasteiger partial charge >= 0.3 is 0 Å². The second kappa shape index (κ2) is 90.2. The smallest absolute Gasteiger partial charge is 0.0461 e. The molecule has 12 aromatic carbocycles. The molecule has 0 spiro atoms. The minimum absolute atomic E-state index is 1.17. The Hall–Kier alpha value is -10.2. The van der Waals surface area contributed by atoms with Crippen LogP contribution in [0.1, 0.15) is 227 Å². The largest absolute Gasteiger partial charge is 0.311 e. The number of benzene rings is 12. The molecule has 0 bridgehead atoms. The predicted octanol–water partition coefficient (Wildman–Crippen LogP) is 37.2. The highest BCUT2D eigenvalue weighted by Gasteiger charge is 2.14. The van der Waals surface area contributed by atoms with Crippen LogP contribution in [0, 0.1) is 0 Å². The summed E-state index contributed by atoms with van der Waals surface area (Å²) in [5.41, 5.74) is 14.0. The first-order chi connectivity index (χ1) is 54.0. The SMILES string of the molecule is CC.CC.CC.CC.CC.CC.CC.CC.CC.CC.CC.CC.CCC.CCC.CCC.c1ccc(N(c2ccccc2)c2ccccc2)cc1.c1ccc(N(c2ccccc2)c2ccccc2)cc1.c1ccc(N(c2ccccc2)c2ccccc2)cc1.c1ccc(N(c2ccccc2)c2ccccc2)cc1. The molecule has 0 saturated carbocycles. The van der Waals surface area contributed by atoms with Crippen molar-refractivity contribution in [2.75, 3.05) is 19.6 Å². The Morgan fingerprint density at radius 1 is 0.110 bits per heavy atom. The van der Waals surface area contributed by atoms with Gasteiger partial charge < -0.3 is 19.6 Å². The molecule has 0 radical (unpaired) electrons. The van der Waals surface area contributed by atoms with E-state index in [1.54, 1.807) is 0 Å². The Kier molecular flexibility index (Phi) is 92.9. The Morgan fingerprint density at radius 2 is 0.156 bits per heavy atom. The Labute approximate surface area is 674 Å². The van der Waals surface area contributed by atoms with Crippen molar-refractivity contribution in [2.45, 2.75) is 227 Å². The summed E-state index contributed by atoms with van der Waals surface area (Å²) in [6.45, 7) is 60.8. The zero-order chi connectivity index (χ0) is 83.8.